The van der Waals surface area contributed by atoms with E-state index < -0.39 is 5.91 Å². The molecule has 206 valence electrons. The van der Waals surface area contributed by atoms with Crippen molar-refractivity contribution in [1.82, 2.24) is 24.9 Å². The number of carbonyl (C=O) groups excluding carboxylic acids is 2. The Hall–Kier alpha value is -3.71. The molecule has 0 bridgehead atoms. The monoisotopic (exact) mass is 552 g/mol. The number of nitrogens with two attached hydrogens (primary N) is 2. The van der Waals surface area contributed by atoms with Crippen LogP contribution < -0.4 is 26.4 Å². The number of aryl methyl sites for hydroxylation is 1. The first kappa shape index (κ1) is 25.6. The summed E-state index contributed by atoms with van der Waals surface area (Å²) in [6, 6.07) is 2.76. The predicted octanol–water partition coefficient (Wildman–Crippen LogP) is 2.06. The smallest absolute Gasteiger partial charge is 0.331 e. The third-order valence-electron chi connectivity index (χ3n) is 7.67. The van der Waals surface area contributed by atoms with Crippen molar-refractivity contribution in [2.45, 2.75) is 63.6 Å². The van der Waals surface area contributed by atoms with Gasteiger partial charge in [-0.3, -0.25) is 4.79 Å². The first-order valence-corrected chi connectivity index (χ1v) is 14.1. The van der Waals surface area contributed by atoms with Crippen LogP contribution in [-0.2, 0) is 9.53 Å². The summed E-state index contributed by atoms with van der Waals surface area (Å²) in [6.07, 6.45) is 8.84. The molecule has 0 spiro atoms. The van der Waals surface area contributed by atoms with Crippen LogP contribution >= 0.6 is 11.3 Å². The number of nitrogens with one attached hydrogen (secondary N) is 1. The zero-order chi connectivity index (χ0) is 27.1. The molecule has 1 atom stereocenters. The second-order valence-corrected chi connectivity index (χ2v) is 11.6. The van der Waals surface area contributed by atoms with Crippen LogP contribution in [0.15, 0.2) is 18.5 Å². The first-order chi connectivity index (χ1) is 18.9. The molecule has 5 N–H and O–H groups in total. The number of cyclic esters (lactones) is 1. The molecule has 39 heavy (non-hydrogen) atoms. The normalized spacial score (nSPS) is 23.6. The van der Waals surface area contributed by atoms with E-state index in [1.807, 2.05) is 13.0 Å². The molecule has 6 rings (SSSR count). The fourth-order valence-corrected chi connectivity index (χ4v) is 6.56. The summed E-state index contributed by atoms with van der Waals surface area (Å²) in [5.74, 6) is -0.0664. The average molecular weight is 553 g/mol. The highest BCUT2D eigenvalue weighted by molar-refractivity contribution is 7.13. The van der Waals surface area contributed by atoms with Gasteiger partial charge in [-0.2, -0.15) is 5.10 Å². The van der Waals surface area contributed by atoms with Crippen LogP contribution in [0.5, 0.6) is 5.88 Å². The molecule has 1 amide bonds. The van der Waals surface area contributed by atoms with E-state index in [4.69, 9.17) is 20.9 Å². The van der Waals surface area contributed by atoms with Gasteiger partial charge in [-0.15, -0.1) is 11.3 Å². The summed E-state index contributed by atoms with van der Waals surface area (Å²) in [4.78, 5) is 34.7. The summed E-state index contributed by atoms with van der Waals surface area (Å²) in [5.41, 5.74) is 15.1. The lowest BCUT2D eigenvalue weighted by Crippen LogP contribution is -2.50. The number of hydrogen-bond donors (Lipinski definition) is 3. The van der Waals surface area contributed by atoms with E-state index in [2.05, 4.69) is 25.3 Å². The number of piperidine rings is 1. The molecule has 0 aromatic carbocycles. The molecule has 3 aromatic rings. The number of carbonyl (C=O) groups is 2. The number of esters is 1. The highest BCUT2D eigenvalue weighted by Crippen LogP contribution is 2.35. The van der Waals surface area contributed by atoms with Crippen molar-refractivity contribution >= 4 is 45.8 Å². The van der Waals surface area contributed by atoms with Crippen LogP contribution in [0.2, 0.25) is 0 Å². The molecule has 2 fully saturated rings. The lowest BCUT2D eigenvalue weighted by molar-refractivity contribution is -0.134. The van der Waals surface area contributed by atoms with Crippen molar-refractivity contribution in [2.24, 2.45) is 5.73 Å². The van der Waals surface area contributed by atoms with E-state index in [0.717, 1.165) is 79.1 Å². The summed E-state index contributed by atoms with van der Waals surface area (Å²) in [7, 11) is 0. The number of thiazole rings is 1. The van der Waals surface area contributed by atoms with Crippen LogP contribution in [0.1, 0.15) is 58.9 Å². The Labute approximate surface area is 229 Å². The van der Waals surface area contributed by atoms with Crippen molar-refractivity contribution in [3.05, 3.63) is 34.0 Å². The number of primary amides is 1. The van der Waals surface area contributed by atoms with Crippen molar-refractivity contribution in [2.75, 3.05) is 30.3 Å². The van der Waals surface area contributed by atoms with E-state index in [1.165, 1.54) is 23.7 Å². The fourth-order valence-electron chi connectivity index (χ4n) is 5.85. The molecule has 1 saturated carbocycles. The lowest BCUT2D eigenvalue weighted by atomic mass is 9.91. The van der Waals surface area contributed by atoms with Crippen LogP contribution in [0.4, 0.5) is 11.5 Å². The summed E-state index contributed by atoms with van der Waals surface area (Å²) in [5, 5.41) is 9.08. The van der Waals surface area contributed by atoms with Gasteiger partial charge in [0.2, 0.25) is 5.88 Å². The van der Waals surface area contributed by atoms with Gasteiger partial charge in [0.1, 0.15) is 24.6 Å². The van der Waals surface area contributed by atoms with Crippen molar-refractivity contribution in [3.8, 4) is 5.88 Å². The SMILES string of the molecule is Cc1nc(OC2CCC(N[C@@H]3CCCN(c4cc(C5=CC(=O)OC5)n5ncnc(N)c45)C3)CC2)c(C(N)=O)s1. The summed E-state index contributed by atoms with van der Waals surface area (Å²) in [6.45, 7) is 3.80. The molecule has 12 nitrogen and oxygen atoms in total. The number of nitrogen functional groups attached to an aromatic ring is 1. The number of ether oxygens (including phenoxy) is 2. The maximum Gasteiger partial charge on any atom is 0.331 e. The third kappa shape index (κ3) is 5.15. The first-order valence-electron chi connectivity index (χ1n) is 13.3. The summed E-state index contributed by atoms with van der Waals surface area (Å²) >= 11 is 1.27. The topological polar surface area (TPSA) is 163 Å². The summed E-state index contributed by atoms with van der Waals surface area (Å²) < 4.78 is 13.0. The number of rotatable bonds is 7. The molecule has 5 heterocycles. The van der Waals surface area contributed by atoms with Gasteiger partial charge in [0.15, 0.2) is 10.7 Å². The second-order valence-electron chi connectivity index (χ2n) is 10.4. The van der Waals surface area contributed by atoms with Crippen molar-refractivity contribution in [3.63, 3.8) is 0 Å². The fraction of sp³-hybridized carbons (Fsp3) is 0.500. The number of anilines is 2. The minimum atomic E-state index is -0.494. The largest absolute Gasteiger partial charge is 0.473 e. The highest BCUT2D eigenvalue weighted by atomic mass is 32.1. The van der Waals surface area contributed by atoms with Gasteiger partial charge in [-0.1, -0.05) is 0 Å². The Kier molecular flexibility index (Phi) is 6.85. The number of nitrogens with zero attached hydrogens (tertiary/aromatic N) is 5. The Morgan fingerprint density at radius 3 is 2.79 bits per heavy atom. The third-order valence-corrected chi connectivity index (χ3v) is 8.63. The van der Waals surface area contributed by atoms with Gasteiger partial charge in [-0.05, 0) is 51.5 Å². The zero-order valence-electron chi connectivity index (χ0n) is 21.8. The minimum absolute atomic E-state index is 0.0281. The average Bonchev–Trinajstić information content (AvgIpc) is 3.62. The van der Waals surface area contributed by atoms with Gasteiger partial charge in [0.25, 0.3) is 5.91 Å². The van der Waals surface area contributed by atoms with Crippen molar-refractivity contribution in [1.29, 1.82) is 0 Å². The molecular weight excluding hydrogens is 520 g/mol. The molecule has 3 aromatic heterocycles. The van der Waals surface area contributed by atoms with Crippen LogP contribution in [0.25, 0.3) is 11.1 Å². The highest BCUT2D eigenvalue weighted by Gasteiger charge is 2.30. The minimum Gasteiger partial charge on any atom is -0.473 e. The zero-order valence-corrected chi connectivity index (χ0v) is 22.6. The van der Waals surface area contributed by atoms with Gasteiger partial charge in [-0.25, -0.2) is 19.3 Å². The van der Waals surface area contributed by atoms with Gasteiger partial charge in [0, 0.05) is 36.8 Å². The quantitative estimate of drug-likeness (QED) is 0.370. The van der Waals surface area contributed by atoms with Crippen LogP contribution in [0, 0.1) is 6.92 Å². The molecule has 13 heteroatoms. The molecule has 1 aliphatic carbocycles. The predicted molar refractivity (Wildman–Crippen MR) is 147 cm³/mol. The van der Waals surface area contributed by atoms with E-state index in [9.17, 15) is 9.59 Å². The molecular formula is C26H32N8O4S. The molecule has 3 aliphatic rings. The number of aromatic nitrogens is 4. The van der Waals surface area contributed by atoms with Crippen LogP contribution in [0.3, 0.4) is 0 Å². The Bertz CT molecular complexity index is 1440. The molecule has 1 saturated heterocycles. The Morgan fingerprint density at radius 2 is 2.05 bits per heavy atom. The second kappa shape index (κ2) is 10.5. The van der Waals surface area contributed by atoms with Gasteiger partial charge < -0.3 is 31.2 Å². The number of amides is 1. The van der Waals surface area contributed by atoms with Crippen LogP contribution in [-0.4, -0.2) is 69.3 Å². The molecule has 2 aliphatic heterocycles. The van der Waals surface area contributed by atoms with E-state index in [-0.39, 0.29) is 18.7 Å². The maximum absolute atomic E-state index is 11.7. The van der Waals surface area contributed by atoms with Gasteiger partial charge in [0.05, 0.1) is 16.4 Å². The Balaban J connectivity index is 1.11. The Morgan fingerprint density at radius 1 is 1.23 bits per heavy atom. The van der Waals surface area contributed by atoms with Crippen molar-refractivity contribution < 1.29 is 19.1 Å². The van der Waals surface area contributed by atoms with Gasteiger partial charge >= 0.3 is 5.97 Å². The number of fused-ring (bicyclic) bond motifs is 1. The van der Waals surface area contributed by atoms with E-state index >= 15 is 0 Å². The number of hydrogen-bond acceptors (Lipinski definition) is 11. The lowest BCUT2D eigenvalue weighted by Gasteiger charge is -2.38. The maximum atomic E-state index is 11.7. The standard InChI is InChI=1S/C26H32N8O4S/c1-14-31-26(23(39-14)25(28)36)38-18-6-4-16(5-7-18)32-17-3-2-8-33(11-17)20-10-19(15-9-21(35)37-12-15)34-22(20)24(27)29-13-30-34/h9-10,13,16-18,32H,2-8,11-12H2,1H3,(H2,28,36)(H2,27,29,30)/t16?,17-,18?/m1/s1. The molecule has 0 unspecified atom stereocenters. The van der Waals surface area contributed by atoms with E-state index in [0.29, 0.717) is 28.7 Å². The molecule has 0 radical (unpaired) electrons. The van der Waals surface area contributed by atoms with E-state index in [1.54, 1.807) is 4.52 Å².